The molecule has 3 nitrogen and oxygen atoms in total. The quantitative estimate of drug-likeness (QED) is 0.829. The third-order valence-electron chi connectivity index (χ3n) is 3.94. The van der Waals surface area contributed by atoms with Gasteiger partial charge in [-0.15, -0.1) is 0 Å². The topological polar surface area (TPSA) is 32.3 Å². The van der Waals surface area contributed by atoms with Crippen molar-refractivity contribution in [1.29, 1.82) is 0 Å². The summed E-state index contributed by atoms with van der Waals surface area (Å²) < 4.78 is 0. The molecule has 2 aromatic carbocycles. The van der Waals surface area contributed by atoms with Crippen LogP contribution in [0, 0.1) is 5.92 Å². The second kappa shape index (κ2) is 5.53. The van der Waals surface area contributed by atoms with Crippen molar-refractivity contribution in [2.75, 3.05) is 18.4 Å². The van der Waals surface area contributed by atoms with Gasteiger partial charge in [0.1, 0.15) is 0 Å². The lowest BCUT2D eigenvalue weighted by Gasteiger charge is -2.30. The van der Waals surface area contributed by atoms with Crippen molar-refractivity contribution in [2.45, 2.75) is 19.8 Å². The Bertz CT molecular complexity index is 623. The van der Waals surface area contributed by atoms with Crippen LogP contribution in [-0.4, -0.2) is 24.0 Å². The minimum absolute atomic E-state index is 0.0202. The highest BCUT2D eigenvalue weighted by atomic mass is 16.2. The standard InChI is InChI=1S/C17H20N2O/c1-13-5-4-10-19(12-13)17(20)18-16-9-8-14-6-2-3-7-15(14)11-16/h2-3,6-9,11,13H,4-5,10,12H2,1H3,(H,18,20). The van der Waals surface area contributed by atoms with Gasteiger partial charge in [0.15, 0.2) is 0 Å². The van der Waals surface area contributed by atoms with Crippen LogP contribution in [0.1, 0.15) is 19.8 Å². The number of nitrogens with zero attached hydrogens (tertiary/aromatic N) is 1. The summed E-state index contributed by atoms with van der Waals surface area (Å²) in [6, 6.07) is 14.2. The van der Waals surface area contributed by atoms with Gasteiger partial charge in [0, 0.05) is 18.8 Å². The van der Waals surface area contributed by atoms with Gasteiger partial charge in [-0.3, -0.25) is 0 Å². The first kappa shape index (κ1) is 13.0. The maximum Gasteiger partial charge on any atom is 0.321 e. The number of amides is 2. The number of urea groups is 1. The number of nitrogens with one attached hydrogen (secondary N) is 1. The third-order valence-corrected chi connectivity index (χ3v) is 3.94. The molecule has 1 heterocycles. The van der Waals surface area contributed by atoms with Crippen molar-refractivity contribution >= 4 is 22.5 Å². The van der Waals surface area contributed by atoms with Crippen LogP contribution in [0.2, 0.25) is 0 Å². The predicted molar refractivity (Wildman–Crippen MR) is 82.9 cm³/mol. The Hall–Kier alpha value is -2.03. The Kier molecular flexibility index (Phi) is 3.59. The summed E-state index contributed by atoms with van der Waals surface area (Å²) in [5.41, 5.74) is 0.868. The molecule has 0 bridgehead atoms. The molecule has 1 atom stereocenters. The van der Waals surface area contributed by atoms with Crippen LogP contribution in [-0.2, 0) is 0 Å². The Labute approximate surface area is 119 Å². The van der Waals surface area contributed by atoms with E-state index in [0.717, 1.165) is 30.6 Å². The molecular weight excluding hydrogens is 248 g/mol. The molecule has 3 heteroatoms. The zero-order valence-electron chi connectivity index (χ0n) is 11.8. The summed E-state index contributed by atoms with van der Waals surface area (Å²) in [6.45, 7) is 3.93. The molecule has 3 rings (SSSR count). The molecule has 0 saturated carbocycles. The summed E-state index contributed by atoms with van der Waals surface area (Å²) in [7, 11) is 0. The average molecular weight is 268 g/mol. The first-order valence-corrected chi connectivity index (χ1v) is 7.27. The molecule has 1 aliphatic heterocycles. The second-order valence-electron chi connectivity index (χ2n) is 5.69. The van der Waals surface area contributed by atoms with E-state index in [-0.39, 0.29) is 6.03 Å². The van der Waals surface area contributed by atoms with E-state index in [9.17, 15) is 4.79 Å². The van der Waals surface area contributed by atoms with Gasteiger partial charge in [0.05, 0.1) is 0 Å². The number of hydrogen-bond donors (Lipinski definition) is 1. The summed E-state index contributed by atoms with van der Waals surface area (Å²) in [6.07, 6.45) is 2.33. The maximum atomic E-state index is 12.3. The Balaban J connectivity index is 1.73. The summed E-state index contributed by atoms with van der Waals surface area (Å²) in [5.74, 6) is 0.603. The van der Waals surface area contributed by atoms with Gasteiger partial charge < -0.3 is 10.2 Å². The number of fused-ring (bicyclic) bond motifs is 1. The number of benzene rings is 2. The zero-order valence-corrected chi connectivity index (χ0v) is 11.8. The van der Waals surface area contributed by atoms with Crippen LogP contribution in [0.3, 0.4) is 0 Å². The van der Waals surface area contributed by atoms with Crippen molar-refractivity contribution < 1.29 is 4.79 Å². The normalized spacial score (nSPS) is 19.1. The smallest absolute Gasteiger partial charge is 0.321 e. The van der Waals surface area contributed by atoms with Crippen LogP contribution in [0.5, 0.6) is 0 Å². The van der Waals surface area contributed by atoms with Crippen molar-refractivity contribution in [2.24, 2.45) is 5.92 Å². The molecule has 20 heavy (non-hydrogen) atoms. The van der Waals surface area contributed by atoms with Crippen LogP contribution in [0.25, 0.3) is 10.8 Å². The lowest BCUT2D eigenvalue weighted by molar-refractivity contribution is 0.182. The number of rotatable bonds is 1. The highest BCUT2D eigenvalue weighted by molar-refractivity contribution is 5.93. The molecule has 104 valence electrons. The molecule has 2 aromatic rings. The van der Waals surface area contributed by atoms with Gasteiger partial charge in [-0.05, 0) is 41.7 Å². The number of carbonyl (C=O) groups excluding carboxylic acids is 1. The Morgan fingerprint density at radius 2 is 2.00 bits per heavy atom. The van der Waals surface area contributed by atoms with Crippen LogP contribution < -0.4 is 5.32 Å². The molecule has 1 aliphatic rings. The highest BCUT2D eigenvalue weighted by Gasteiger charge is 2.20. The molecule has 2 amide bonds. The SMILES string of the molecule is CC1CCCN(C(=O)Nc2ccc3ccccc3c2)C1. The lowest BCUT2D eigenvalue weighted by Crippen LogP contribution is -2.41. The summed E-state index contributed by atoms with van der Waals surface area (Å²) >= 11 is 0. The van der Waals surface area contributed by atoms with E-state index < -0.39 is 0 Å². The molecule has 1 fully saturated rings. The first-order chi connectivity index (χ1) is 9.72. The second-order valence-corrected chi connectivity index (χ2v) is 5.69. The van der Waals surface area contributed by atoms with E-state index in [1.807, 2.05) is 35.2 Å². The molecule has 0 radical (unpaired) electrons. The maximum absolute atomic E-state index is 12.3. The molecule has 1 N–H and O–H groups in total. The van der Waals surface area contributed by atoms with E-state index in [1.54, 1.807) is 0 Å². The Morgan fingerprint density at radius 3 is 2.80 bits per heavy atom. The fourth-order valence-corrected chi connectivity index (χ4v) is 2.84. The van der Waals surface area contributed by atoms with Crippen molar-refractivity contribution in [3.05, 3.63) is 42.5 Å². The molecule has 0 spiro atoms. The molecule has 1 unspecified atom stereocenters. The fraction of sp³-hybridized carbons (Fsp3) is 0.353. The van der Waals surface area contributed by atoms with E-state index in [0.29, 0.717) is 5.92 Å². The minimum Gasteiger partial charge on any atom is -0.324 e. The number of carbonyl (C=O) groups is 1. The number of likely N-dealkylation sites (tertiary alicyclic amines) is 1. The fourth-order valence-electron chi connectivity index (χ4n) is 2.84. The van der Waals surface area contributed by atoms with Crippen LogP contribution in [0.15, 0.2) is 42.5 Å². The number of piperidine rings is 1. The summed E-state index contributed by atoms with van der Waals surface area (Å²) in [4.78, 5) is 14.2. The van der Waals surface area contributed by atoms with E-state index >= 15 is 0 Å². The van der Waals surface area contributed by atoms with Gasteiger partial charge in [0.2, 0.25) is 0 Å². The largest absolute Gasteiger partial charge is 0.324 e. The van der Waals surface area contributed by atoms with Gasteiger partial charge in [-0.1, -0.05) is 37.3 Å². The van der Waals surface area contributed by atoms with Gasteiger partial charge >= 0.3 is 6.03 Å². The highest BCUT2D eigenvalue weighted by Crippen LogP contribution is 2.20. The van der Waals surface area contributed by atoms with Crippen molar-refractivity contribution in [3.63, 3.8) is 0 Å². The predicted octanol–water partition coefficient (Wildman–Crippen LogP) is 4.10. The van der Waals surface area contributed by atoms with Gasteiger partial charge in [-0.25, -0.2) is 4.79 Å². The van der Waals surface area contributed by atoms with Gasteiger partial charge in [0.25, 0.3) is 0 Å². The number of anilines is 1. The number of hydrogen-bond acceptors (Lipinski definition) is 1. The summed E-state index contributed by atoms with van der Waals surface area (Å²) in [5, 5.41) is 5.35. The Morgan fingerprint density at radius 1 is 1.20 bits per heavy atom. The third kappa shape index (κ3) is 2.77. The van der Waals surface area contributed by atoms with Gasteiger partial charge in [-0.2, -0.15) is 0 Å². The van der Waals surface area contributed by atoms with E-state index in [4.69, 9.17) is 0 Å². The molecule has 0 aromatic heterocycles. The van der Waals surface area contributed by atoms with Crippen molar-refractivity contribution in [1.82, 2.24) is 4.90 Å². The molecule has 1 saturated heterocycles. The monoisotopic (exact) mass is 268 g/mol. The van der Waals surface area contributed by atoms with Crippen LogP contribution in [0.4, 0.5) is 10.5 Å². The zero-order chi connectivity index (χ0) is 13.9. The molecular formula is C17H20N2O. The molecule has 0 aliphatic carbocycles. The van der Waals surface area contributed by atoms with Crippen LogP contribution >= 0.6 is 0 Å². The lowest BCUT2D eigenvalue weighted by atomic mass is 10.0. The average Bonchev–Trinajstić information content (AvgIpc) is 2.47. The van der Waals surface area contributed by atoms with Crippen molar-refractivity contribution in [3.8, 4) is 0 Å². The minimum atomic E-state index is 0.0202. The van der Waals surface area contributed by atoms with E-state index in [1.165, 1.54) is 11.8 Å². The first-order valence-electron chi connectivity index (χ1n) is 7.27. The van der Waals surface area contributed by atoms with E-state index in [2.05, 4.69) is 24.4 Å².